The molecule has 8 heteroatoms. The lowest BCUT2D eigenvalue weighted by Crippen LogP contribution is -2.37. The van der Waals surface area contributed by atoms with Crippen molar-refractivity contribution >= 4 is 41.7 Å². The van der Waals surface area contributed by atoms with Crippen molar-refractivity contribution in [2.24, 2.45) is 12.0 Å². The highest BCUT2D eigenvalue weighted by Crippen LogP contribution is 2.18. The molecule has 2 aromatic rings. The first-order valence-electron chi connectivity index (χ1n) is 7.49. The van der Waals surface area contributed by atoms with E-state index in [0.29, 0.717) is 6.54 Å². The molecule has 0 radical (unpaired) electrons. The summed E-state index contributed by atoms with van der Waals surface area (Å²) in [6.45, 7) is 1.51. The summed E-state index contributed by atoms with van der Waals surface area (Å²) in [5.74, 6) is 1.55. The van der Waals surface area contributed by atoms with Crippen molar-refractivity contribution in [1.29, 1.82) is 0 Å². The van der Waals surface area contributed by atoms with E-state index in [-0.39, 0.29) is 29.8 Å². The van der Waals surface area contributed by atoms with Gasteiger partial charge in [0.25, 0.3) is 0 Å². The van der Waals surface area contributed by atoms with Crippen molar-refractivity contribution in [3.8, 4) is 0 Å². The maximum absolute atomic E-state index is 12.8. The maximum Gasteiger partial charge on any atom is 0.191 e. The zero-order valence-electron chi connectivity index (χ0n) is 13.8. The van der Waals surface area contributed by atoms with E-state index in [9.17, 15) is 4.39 Å². The Kier molecular flexibility index (Phi) is 9.77. The average molecular weight is 463 g/mol. The molecule has 0 saturated carbocycles. The standard InChI is InChI=1S/C16H22FN5S.HI/c1-18-16(20-12-14-8-10-21-22(14)2)19-9-3-11-23-15-6-4-13(17)5-7-15;/h4-8,10H,3,9,11-12H2,1-2H3,(H2,18,19,20);1H. The monoisotopic (exact) mass is 463 g/mol. The highest BCUT2D eigenvalue weighted by Gasteiger charge is 2.01. The molecule has 2 N–H and O–H groups in total. The number of nitrogens with zero attached hydrogens (tertiary/aromatic N) is 3. The molecule has 24 heavy (non-hydrogen) atoms. The van der Waals surface area contributed by atoms with E-state index in [4.69, 9.17) is 0 Å². The SMILES string of the molecule is CN=C(NCCCSc1ccc(F)cc1)NCc1ccnn1C.I. The molecular formula is C16H23FIN5S. The van der Waals surface area contributed by atoms with Crippen LogP contribution in [0, 0.1) is 5.82 Å². The fourth-order valence-electron chi connectivity index (χ4n) is 1.97. The number of rotatable bonds is 7. The fourth-order valence-corrected chi connectivity index (χ4v) is 2.82. The fraction of sp³-hybridized carbons (Fsp3) is 0.375. The van der Waals surface area contributed by atoms with Crippen LogP contribution in [0.2, 0.25) is 0 Å². The van der Waals surface area contributed by atoms with Gasteiger partial charge in [-0.05, 0) is 42.5 Å². The van der Waals surface area contributed by atoms with Crippen LogP contribution in [0.25, 0.3) is 0 Å². The van der Waals surface area contributed by atoms with Crippen LogP contribution in [0.3, 0.4) is 0 Å². The van der Waals surface area contributed by atoms with Crippen LogP contribution in [0.4, 0.5) is 4.39 Å². The third kappa shape index (κ3) is 7.08. The second-order valence-corrected chi connectivity index (χ2v) is 6.12. The number of hydrogen-bond donors (Lipinski definition) is 2. The van der Waals surface area contributed by atoms with Crippen molar-refractivity contribution in [2.75, 3.05) is 19.3 Å². The van der Waals surface area contributed by atoms with Crippen LogP contribution in [-0.2, 0) is 13.6 Å². The van der Waals surface area contributed by atoms with Gasteiger partial charge in [0, 0.05) is 31.7 Å². The Morgan fingerprint density at radius 3 is 2.62 bits per heavy atom. The molecule has 1 aromatic carbocycles. The number of halogens is 2. The summed E-state index contributed by atoms with van der Waals surface area (Å²) in [6.07, 6.45) is 2.77. The van der Waals surface area contributed by atoms with Crippen molar-refractivity contribution in [1.82, 2.24) is 20.4 Å². The molecule has 0 aliphatic carbocycles. The summed E-state index contributed by atoms with van der Waals surface area (Å²) < 4.78 is 14.6. The highest BCUT2D eigenvalue weighted by atomic mass is 127. The molecule has 132 valence electrons. The minimum atomic E-state index is -0.195. The Bertz CT molecular complexity index is 630. The minimum Gasteiger partial charge on any atom is -0.356 e. The normalized spacial score (nSPS) is 11.0. The minimum absolute atomic E-state index is 0. The smallest absolute Gasteiger partial charge is 0.191 e. The molecule has 2 rings (SSSR count). The van der Waals surface area contributed by atoms with E-state index in [1.807, 2.05) is 29.9 Å². The largest absolute Gasteiger partial charge is 0.356 e. The van der Waals surface area contributed by atoms with E-state index < -0.39 is 0 Å². The predicted molar refractivity (Wildman–Crippen MR) is 109 cm³/mol. The molecule has 0 spiro atoms. The Morgan fingerprint density at radius 2 is 2.00 bits per heavy atom. The van der Waals surface area contributed by atoms with Crippen LogP contribution >= 0.6 is 35.7 Å². The molecule has 0 bridgehead atoms. The van der Waals surface area contributed by atoms with Crippen LogP contribution < -0.4 is 10.6 Å². The Morgan fingerprint density at radius 1 is 1.25 bits per heavy atom. The van der Waals surface area contributed by atoms with Gasteiger partial charge in [0.15, 0.2) is 5.96 Å². The van der Waals surface area contributed by atoms with Gasteiger partial charge in [0.05, 0.1) is 12.2 Å². The Labute approximate surface area is 163 Å². The van der Waals surface area contributed by atoms with Gasteiger partial charge in [-0.1, -0.05) is 0 Å². The molecule has 0 aliphatic heterocycles. The molecule has 0 aliphatic rings. The summed E-state index contributed by atoms with van der Waals surface area (Å²) in [7, 11) is 3.67. The third-order valence-electron chi connectivity index (χ3n) is 3.28. The topological polar surface area (TPSA) is 54.2 Å². The first kappa shape index (κ1) is 20.8. The molecule has 0 unspecified atom stereocenters. The Balaban J connectivity index is 0.00000288. The average Bonchev–Trinajstić information content (AvgIpc) is 2.97. The molecule has 1 aromatic heterocycles. The molecule has 0 amide bonds. The second-order valence-electron chi connectivity index (χ2n) is 4.95. The van der Waals surface area contributed by atoms with E-state index in [2.05, 4.69) is 20.7 Å². The molecule has 1 heterocycles. The zero-order valence-corrected chi connectivity index (χ0v) is 17.0. The van der Waals surface area contributed by atoms with Crippen molar-refractivity contribution in [2.45, 2.75) is 17.9 Å². The number of aliphatic imine (C=N–C) groups is 1. The summed E-state index contributed by atoms with van der Waals surface area (Å²) >= 11 is 1.72. The molecular weight excluding hydrogens is 440 g/mol. The second kappa shape index (κ2) is 11.3. The number of benzene rings is 1. The molecule has 0 atom stereocenters. The Hall–Kier alpha value is -1.29. The van der Waals surface area contributed by atoms with Gasteiger partial charge in [0.2, 0.25) is 0 Å². The van der Waals surface area contributed by atoms with Gasteiger partial charge in [-0.3, -0.25) is 9.67 Å². The lowest BCUT2D eigenvalue weighted by Gasteiger charge is -2.11. The van der Waals surface area contributed by atoms with Gasteiger partial charge in [-0.25, -0.2) is 4.39 Å². The van der Waals surface area contributed by atoms with Gasteiger partial charge < -0.3 is 10.6 Å². The van der Waals surface area contributed by atoms with Crippen molar-refractivity contribution < 1.29 is 4.39 Å². The quantitative estimate of drug-likeness (QED) is 0.218. The lowest BCUT2D eigenvalue weighted by atomic mass is 10.4. The summed E-state index contributed by atoms with van der Waals surface area (Å²) in [5.41, 5.74) is 1.10. The van der Waals surface area contributed by atoms with Gasteiger partial charge in [0.1, 0.15) is 5.82 Å². The van der Waals surface area contributed by atoms with Gasteiger partial charge >= 0.3 is 0 Å². The van der Waals surface area contributed by atoms with Crippen LogP contribution in [-0.4, -0.2) is 35.1 Å². The lowest BCUT2D eigenvalue weighted by molar-refractivity contribution is 0.626. The predicted octanol–water partition coefficient (Wildman–Crippen LogP) is 3.02. The molecule has 0 fully saturated rings. The first-order chi connectivity index (χ1) is 11.2. The summed E-state index contributed by atoms with van der Waals surface area (Å²) in [6, 6.07) is 8.57. The van der Waals surface area contributed by atoms with Gasteiger partial charge in [-0.15, -0.1) is 35.7 Å². The third-order valence-corrected chi connectivity index (χ3v) is 4.38. The zero-order chi connectivity index (χ0) is 16.5. The summed E-state index contributed by atoms with van der Waals surface area (Å²) in [4.78, 5) is 5.29. The van der Waals surface area contributed by atoms with Crippen molar-refractivity contribution in [3.05, 3.63) is 48.0 Å². The number of aromatic nitrogens is 2. The van der Waals surface area contributed by atoms with Gasteiger partial charge in [-0.2, -0.15) is 5.10 Å². The number of hydrogen-bond acceptors (Lipinski definition) is 3. The number of aryl methyl sites for hydroxylation is 1. The van der Waals surface area contributed by atoms with E-state index in [0.717, 1.165) is 35.3 Å². The number of guanidine groups is 1. The van der Waals surface area contributed by atoms with Crippen LogP contribution in [0.1, 0.15) is 12.1 Å². The van der Waals surface area contributed by atoms with Crippen molar-refractivity contribution in [3.63, 3.8) is 0 Å². The maximum atomic E-state index is 12.8. The first-order valence-corrected chi connectivity index (χ1v) is 8.47. The van der Waals surface area contributed by atoms with E-state index in [1.54, 1.807) is 25.0 Å². The van der Waals surface area contributed by atoms with E-state index in [1.165, 1.54) is 12.1 Å². The van der Waals surface area contributed by atoms with Crippen LogP contribution in [0.15, 0.2) is 46.4 Å². The summed E-state index contributed by atoms with van der Waals surface area (Å²) in [5, 5.41) is 10.7. The number of nitrogens with one attached hydrogen (secondary N) is 2. The van der Waals surface area contributed by atoms with Crippen LogP contribution in [0.5, 0.6) is 0 Å². The highest BCUT2D eigenvalue weighted by molar-refractivity contribution is 14.0. The molecule has 5 nitrogen and oxygen atoms in total. The molecule has 0 saturated heterocycles. The van der Waals surface area contributed by atoms with E-state index >= 15 is 0 Å². The number of thioether (sulfide) groups is 1.